The Bertz CT molecular complexity index is 1410. The summed E-state index contributed by atoms with van der Waals surface area (Å²) in [5, 5.41) is 24.2. The van der Waals surface area contributed by atoms with Crippen molar-refractivity contribution in [2.24, 2.45) is 17.8 Å². The van der Waals surface area contributed by atoms with E-state index in [-0.39, 0.29) is 59.9 Å². The summed E-state index contributed by atoms with van der Waals surface area (Å²) < 4.78 is 6.36. The molecule has 2 heterocycles. The van der Waals surface area contributed by atoms with E-state index < -0.39 is 29.9 Å². The molecule has 1 aliphatic heterocycles. The second kappa shape index (κ2) is 20.6. The molecule has 0 bridgehead atoms. The van der Waals surface area contributed by atoms with Crippen LogP contribution in [0.15, 0.2) is 29.6 Å². The summed E-state index contributed by atoms with van der Waals surface area (Å²) in [5.74, 6) is -1.86. The predicted octanol–water partition coefficient (Wildman–Crippen LogP) is 6.50. The standard InChI is InChI=1S/C39H60N4O7S/c1-8-18-43(38(47)29(26(6)10-3)22-34(45)32-13-11-12-19-42(32)7)33(25(4)5)23-35(50-20-9-2)37-41-31(24-51-37)36(46)40-30(39(48)49)21-27-14-16-28(44)17-15-27/h14-17,24-26,29-30,32-33,35,44H,8-13,18-23H2,1-7H3,(H,40,46)(H,48,49)/t26-,29?,30-,32?,33+,35+/m0/s1. The van der Waals surface area contributed by atoms with Crippen molar-refractivity contribution in [3.05, 3.63) is 45.9 Å². The summed E-state index contributed by atoms with van der Waals surface area (Å²) in [5.41, 5.74) is 0.752. The van der Waals surface area contributed by atoms with Crippen LogP contribution in [0.2, 0.25) is 0 Å². The van der Waals surface area contributed by atoms with Crippen LogP contribution in [-0.2, 0) is 25.5 Å². The number of ketones is 1. The van der Waals surface area contributed by atoms with Crippen LogP contribution in [0.5, 0.6) is 5.75 Å². The van der Waals surface area contributed by atoms with Crippen LogP contribution in [0, 0.1) is 17.8 Å². The number of ether oxygens (including phenoxy) is 1. The monoisotopic (exact) mass is 728 g/mol. The number of carbonyl (C=O) groups is 4. The lowest BCUT2D eigenvalue weighted by Gasteiger charge is -2.40. The molecule has 284 valence electrons. The molecule has 1 aromatic heterocycles. The minimum Gasteiger partial charge on any atom is -0.508 e. The Morgan fingerprint density at radius 2 is 1.78 bits per heavy atom. The topological polar surface area (TPSA) is 149 Å². The van der Waals surface area contributed by atoms with Crippen LogP contribution in [0.25, 0.3) is 0 Å². The van der Waals surface area contributed by atoms with Gasteiger partial charge in [0, 0.05) is 49.8 Å². The molecular weight excluding hydrogens is 669 g/mol. The third kappa shape index (κ3) is 12.1. The van der Waals surface area contributed by atoms with Crippen molar-refractivity contribution in [1.82, 2.24) is 20.1 Å². The Morgan fingerprint density at radius 1 is 1.08 bits per heavy atom. The minimum absolute atomic E-state index is 0.0125. The number of amides is 2. The van der Waals surface area contributed by atoms with Gasteiger partial charge in [0.25, 0.3) is 5.91 Å². The quantitative estimate of drug-likeness (QED) is 0.131. The fourth-order valence-electron chi connectivity index (χ4n) is 6.86. The number of carbonyl (C=O) groups excluding carboxylic acids is 3. The number of Topliss-reactive ketones (excluding diaryl/α,β-unsaturated/α-hetero) is 1. The summed E-state index contributed by atoms with van der Waals surface area (Å²) in [6, 6.07) is 4.63. The van der Waals surface area contributed by atoms with Crippen molar-refractivity contribution in [3.63, 3.8) is 0 Å². The number of rotatable bonds is 21. The lowest BCUT2D eigenvalue weighted by Crippen LogP contribution is -2.50. The molecule has 3 rings (SSSR count). The van der Waals surface area contributed by atoms with Gasteiger partial charge in [0.1, 0.15) is 28.6 Å². The van der Waals surface area contributed by atoms with Gasteiger partial charge in [-0.2, -0.15) is 0 Å². The largest absolute Gasteiger partial charge is 0.508 e. The lowest BCUT2D eigenvalue weighted by atomic mass is 9.82. The molecule has 1 aliphatic rings. The van der Waals surface area contributed by atoms with E-state index >= 15 is 0 Å². The van der Waals surface area contributed by atoms with E-state index in [0.717, 1.165) is 45.1 Å². The average molecular weight is 729 g/mol. The number of benzene rings is 1. The van der Waals surface area contributed by atoms with Crippen molar-refractivity contribution >= 4 is 34.9 Å². The highest BCUT2D eigenvalue weighted by atomic mass is 32.1. The zero-order chi connectivity index (χ0) is 37.7. The minimum atomic E-state index is -1.19. The molecule has 0 saturated carbocycles. The van der Waals surface area contributed by atoms with Gasteiger partial charge >= 0.3 is 5.97 Å². The van der Waals surface area contributed by atoms with Crippen LogP contribution >= 0.6 is 11.3 Å². The van der Waals surface area contributed by atoms with E-state index in [0.29, 0.717) is 30.1 Å². The molecule has 12 heteroatoms. The number of hydrogen-bond donors (Lipinski definition) is 3. The third-order valence-electron chi connectivity index (χ3n) is 10.1. The summed E-state index contributed by atoms with van der Waals surface area (Å²) in [6.07, 6.45) is 5.51. The Labute approximate surface area is 308 Å². The third-order valence-corrected chi connectivity index (χ3v) is 11.1. The van der Waals surface area contributed by atoms with Crippen LogP contribution in [-0.4, -0.2) is 93.4 Å². The number of carboxylic acids is 1. The smallest absolute Gasteiger partial charge is 0.326 e. The van der Waals surface area contributed by atoms with Crippen LogP contribution in [0.4, 0.5) is 0 Å². The summed E-state index contributed by atoms with van der Waals surface area (Å²) in [7, 11) is 2.01. The molecule has 2 amide bonds. The summed E-state index contributed by atoms with van der Waals surface area (Å²) in [6.45, 7) is 14.3. The molecule has 2 aromatic rings. The molecule has 0 aliphatic carbocycles. The van der Waals surface area contributed by atoms with Crippen LogP contribution in [0.3, 0.4) is 0 Å². The Morgan fingerprint density at radius 3 is 2.37 bits per heavy atom. The molecule has 1 aromatic carbocycles. The molecule has 1 saturated heterocycles. The highest BCUT2D eigenvalue weighted by molar-refractivity contribution is 7.09. The fraction of sp³-hybridized carbons (Fsp3) is 0.667. The number of phenolic OH excluding ortho intramolecular Hbond substituents is 1. The number of thiazole rings is 1. The molecule has 11 nitrogen and oxygen atoms in total. The van der Waals surface area contributed by atoms with E-state index in [1.807, 2.05) is 18.9 Å². The van der Waals surface area contributed by atoms with Crippen molar-refractivity contribution in [2.75, 3.05) is 26.7 Å². The van der Waals surface area contributed by atoms with E-state index in [9.17, 15) is 29.4 Å². The van der Waals surface area contributed by atoms with Gasteiger partial charge < -0.3 is 25.2 Å². The maximum absolute atomic E-state index is 14.6. The SMILES string of the molecule is CCCO[C@H](C[C@H](C(C)C)N(CCC)C(=O)C(CC(=O)C1CCCCN1C)[C@@H](C)CC)c1nc(C(=O)N[C@@H](Cc2ccc(O)cc2)C(=O)O)cs1. The normalized spacial score (nSPS) is 18.1. The van der Waals surface area contributed by atoms with E-state index in [1.165, 1.54) is 23.5 Å². The van der Waals surface area contributed by atoms with E-state index in [4.69, 9.17) is 4.74 Å². The molecule has 3 N–H and O–H groups in total. The molecule has 51 heavy (non-hydrogen) atoms. The average Bonchev–Trinajstić information content (AvgIpc) is 3.60. The number of piperidine rings is 1. The number of likely N-dealkylation sites (tertiary alicyclic amines) is 1. The number of aromatic hydroxyl groups is 1. The molecule has 0 spiro atoms. The highest BCUT2D eigenvalue weighted by Crippen LogP contribution is 2.33. The number of aromatic nitrogens is 1. The van der Waals surface area contributed by atoms with Gasteiger partial charge in [-0.3, -0.25) is 19.3 Å². The number of phenols is 1. The molecular formula is C39H60N4O7S. The Balaban J connectivity index is 1.84. The number of carboxylic acid groups (broad SMARTS) is 1. The van der Waals surface area contributed by atoms with Gasteiger partial charge in [-0.15, -0.1) is 11.3 Å². The maximum atomic E-state index is 14.6. The van der Waals surface area contributed by atoms with Crippen LogP contribution in [0.1, 0.15) is 120 Å². The van der Waals surface area contributed by atoms with Gasteiger partial charge in [-0.1, -0.05) is 66.5 Å². The molecule has 1 fully saturated rings. The van der Waals surface area contributed by atoms with Crippen molar-refractivity contribution in [1.29, 1.82) is 0 Å². The molecule has 2 unspecified atom stereocenters. The van der Waals surface area contributed by atoms with E-state index in [2.05, 4.69) is 49.8 Å². The number of aliphatic carboxylic acids is 1. The highest BCUT2D eigenvalue weighted by Gasteiger charge is 2.38. The Kier molecular flexibility index (Phi) is 17.0. The van der Waals surface area contributed by atoms with Crippen molar-refractivity contribution < 1.29 is 34.1 Å². The van der Waals surface area contributed by atoms with Crippen LogP contribution < -0.4 is 5.32 Å². The number of likely N-dealkylation sites (N-methyl/N-ethyl adjacent to an activating group) is 1. The van der Waals surface area contributed by atoms with E-state index in [1.54, 1.807) is 17.5 Å². The van der Waals surface area contributed by atoms with Gasteiger partial charge in [0.15, 0.2) is 5.78 Å². The maximum Gasteiger partial charge on any atom is 0.326 e. The van der Waals surface area contributed by atoms with Gasteiger partial charge in [0.05, 0.1) is 6.04 Å². The predicted molar refractivity (Wildman–Crippen MR) is 200 cm³/mol. The second-order valence-corrected chi connectivity index (χ2v) is 15.3. The molecule has 6 atom stereocenters. The lowest BCUT2D eigenvalue weighted by molar-refractivity contribution is -0.145. The number of nitrogens with zero attached hydrogens (tertiary/aromatic N) is 3. The Hall–Kier alpha value is -3.35. The first-order valence-electron chi connectivity index (χ1n) is 18.7. The first kappa shape index (κ1) is 42.1. The molecule has 0 radical (unpaired) electrons. The first-order chi connectivity index (χ1) is 24.3. The second-order valence-electron chi connectivity index (χ2n) is 14.4. The zero-order valence-electron chi connectivity index (χ0n) is 31.6. The van der Waals surface area contributed by atoms with Crippen molar-refractivity contribution in [3.8, 4) is 5.75 Å². The number of nitrogens with one attached hydrogen (secondary N) is 1. The first-order valence-corrected chi connectivity index (χ1v) is 19.6. The summed E-state index contributed by atoms with van der Waals surface area (Å²) in [4.78, 5) is 62.3. The van der Waals surface area contributed by atoms with Gasteiger partial charge in [0.2, 0.25) is 5.91 Å². The van der Waals surface area contributed by atoms with Crippen molar-refractivity contribution in [2.45, 2.75) is 124 Å². The zero-order valence-corrected chi connectivity index (χ0v) is 32.4. The fourth-order valence-corrected chi connectivity index (χ4v) is 7.72. The van der Waals surface area contributed by atoms with Gasteiger partial charge in [-0.05, 0) is 68.8 Å². The van der Waals surface area contributed by atoms with Gasteiger partial charge in [-0.25, -0.2) is 9.78 Å². The number of hydrogen-bond acceptors (Lipinski definition) is 9. The summed E-state index contributed by atoms with van der Waals surface area (Å²) >= 11 is 1.28.